The second-order valence-corrected chi connectivity index (χ2v) is 5.75. The van der Waals surface area contributed by atoms with Gasteiger partial charge >= 0.3 is 0 Å². The Hall–Kier alpha value is -2.63. The molecule has 1 aliphatic rings. The average molecular weight is 312 g/mol. The van der Waals surface area contributed by atoms with Crippen molar-refractivity contribution >= 4 is 11.8 Å². The highest BCUT2D eigenvalue weighted by Crippen LogP contribution is 2.18. The first-order valence-electron chi connectivity index (χ1n) is 7.75. The fraction of sp³-hybridized carbons (Fsp3) is 0.353. The van der Waals surface area contributed by atoms with Crippen LogP contribution in [0.2, 0.25) is 0 Å². The molecule has 1 aromatic heterocycles. The summed E-state index contributed by atoms with van der Waals surface area (Å²) in [5.41, 5.74) is 1.47. The number of nitrogens with zero attached hydrogens (tertiary/aromatic N) is 3. The number of aromatic nitrogens is 2. The van der Waals surface area contributed by atoms with Gasteiger partial charge < -0.3 is 14.8 Å². The lowest BCUT2D eigenvalue weighted by Crippen LogP contribution is -2.37. The molecule has 6 heteroatoms. The summed E-state index contributed by atoms with van der Waals surface area (Å²) in [5, 5.41) is 2.95. The zero-order valence-electron chi connectivity index (χ0n) is 13.3. The van der Waals surface area contributed by atoms with E-state index in [-0.39, 0.29) is 17.9 Å². The van der Waals surface area contributed by atoms with E-state index in [1.54, 1.807) is 17.2 Å². The molecule has 3 rings (SSSR count). The van der Waals surface area contributed by atoms with Crippen LogP contribution in [0.25, 0.3) is 11.4 Å². The highest BCUT2D eigenvalue weighted by atomic mass is 16.2. The van der Waals surface area contributed by atoms with Gasteiger partial charge in [-0.05, 0) is 19.1 Å². The van der Waals surface area contributed by atoms with Gasteiger partial charge in [0, 0.05) is 50.1 Å². The standard InChI is InChI=1S/C17H20N4O2/c1-3-21-11-14(10-15(21)22)19-17(23)13-6-4-5-12(9-13)16-18-7-8-20(16)2/h4-9,14H,3,10-11H2,1-2H3,(H,19,23). The van der Waals surface area contributed by atoms with Gasteiger partial charge in [-0.3, -0.25) is 9.59 Å². The Morgan fingerprint density at radius 2 is 2.26 bits per heavy atom. The Bertz CT molecular complexity index is 738. The molecular formula is C17H20N4O2. The van der Waals surface area contributed by atoms with Gasteiger partial charge in [0.05, 0.1) is 6.04 Å². The molecule has 1 aliphatic heterocycles. The highest BCUT2D eigenvalue weighted by molar-refractivity contribution is 5.96. The minimum atomic E-state index is -0.156. The minimum Gasteiger partial charge on any atom is -0.347 e. The van der Waals surface area contributed by atoms with Crippen molar-refractivity contribution in [3.05, 3.63) is 42.2 Å². The summed E-state index contributed by atoms with van der Waals surface area (Å²) in [4.78, 5) is 30.2. The molecule has 23 heavy (non-hydrogen) atoms. The van der Waals surface area contributed by atoms with E-state index in [0.29, 0.717) is 25.1 Å². The Morgan fingerprint density at radius 3 is 2.91 bits per heavy atom. The largest absolute Gasteiger partial charge is 0.347 e. The molecule has 1 unspecified atom stereocenters. The molecule has 2 amide bonds. The van der Waals surface area contributed by atoms with Gasteiger partial charge in [-0.15, -0.1) is 0 Å². The summed E-state index contributed by atoms with van der Waals surface area (Å²) >= 11 is 0. The molecule has 1 aromatic carbocycles. The van der Waals surface area contributed by atoms with Gasteiger partial charge in [-0.1, -0.05) is 12.1 Å². The van der Waals surface area contributed by atoms with Gasteiger partial charge in [0.25, 0.3) is 5.91 Å². The van der Waals surface area contributed by atoms with E-state index in [9.17, 15) is 9.59 Å². The van der Waals surface area contributed by atoms with E-state index in [1.165, 1.54) is 0 Å². The van der Waals surface area contributed by atoms with E-state index in [2.05, 4.69) is 10.3 Å². The topological polar surface area (TPSA) is 67.2 Å². The highest BCUT2D eigenvalue weighted by Gasteiger charge is 2.29. The fourth-order valence-electron chi connectivity index (χ4n) is 2.89. The van der Waals surface area contributed by atoms with E-state index in [0.717, 1.165) is 11.4 Å². The molecule has 0 spiro atoms. The third-order valence-corrected chi connectivity index (χ3v) is 4.14. The average Bonchev–Trinajstić information content (AvgIpc) is 3.12. The van der Waals surface area contributed by atoms with Crippen LogP contribution in [-0.4, -0.2) is 45.4 Å². The van der Waals surface area contributed by atoms with Gasteiger partial charge in [-0.25, -0.2) is 4.98 Å². The van der Waals surface area contributed by atoms with E-state index in [1.807, 2.05) is 42.9 Å². The molecule has 0 radical (unpaired) electrons. The van der Waals surface area contributed by atoms with Crippen LogP contribution in [0.4, 0.5) is 0 Å². The molecular weight excluding hydrogens is 292 g/mol. The molecule has 1 atom stereocenters. The molecule has 0 aliphatic carbocycles. The maximum absolute atomic E-state index is 12.4. The smallest absolute Gasteiger partial charge is 0.251 e. The van der Waals surface area contributed by atoms with E-state index < -0.39 is 0 Å². The number of carbonyl (C=O) groups excluding carboxylic acids is 2. The molecule has 120 valence electrons. The lowest BCUT2D eigenvalue weighted by atomic mass is 10.1. The van der Waals surface area contributed by atoms with Crippen LogP contribution in [0.5, 0.6) is 0 Å². The van der Waals surface area contributed by atoms with Crippen LogP contribution in [-0.2, 0) is 11.8 Å². The molecule has 1 fully saturated rings. The predicted octanol–water partition coefficient (Wildman–Crippen LogP) is 1.44. The van der Waals surface area contributed by atoms with Crippen molar-refractivity contribution in [1.82, 2.24) is 19.8 Å². The second-order valence-electron chi connectivity index (χ2n) is 5.75. The van der Waals surface area contributed by atoms with Crippen LogP contribution in [0.3, 0.4) is 0 Å². The number of carbonyl (C=O) groups is 2. The van der Waals surface area contributed by atoms with Crippen molar-refractivity contribution in [3.8, 4) is 11.4 Å². The van der Waals surface area contributed by atoms with Crippen molar-refractivity contribution in [2.75, 3.05) is 13.1 Å². The first-order valence-corrected chi connectivity index (χ1v) is 7.75. The van der Waals surface area contributed by atoms with Crippen molar-refractivity contribution in [1.29, 1.82) is 0 Å². The van der Waals surface area contributed by atoms with E-state index >= 15 is 0 Å². The van der Waals surface area contributed by atoms with Crippen molar-refractivity contribution in [3.63, 3.8) is 0 Å². The number of nitrogens with one attached hydrogen (secondary N) is 1. The molecule has 1 N–H and O–H groups in total. The molecule has 2 aromatic rings. The van der Waals surface area contributed by atoms with Crippen molar-refractivity contribution in [2.24, 2.45) is 7.05 Å². The van der Waals surface area contributed by atoms with Crippen molar-refractivity contribution < 1.29 is 9.59 Å². The minimum absolute atomic E-state index is 0.0968. The summed E-state index contributed by atoms with van der Waals surface area (Å²) in [6.07, 6.45) is 3.97. The number of aryl methyl sites for hydroxylation is 1. The van der Waals surface area contributed by atoms with Crippen LogP contribution in [0.1, 0.15) is 23.7 Å². The maximum atomic E-state index is 12.4. The third-order valence-electron chi connectivity index (χ3n) is 4.14. The zero-order chi connectivity index (χ0) is 16.4. The molecule has 0 bridgehead atoms. The quantitative estimate of drug-likeness (QED) is 0.929. The summed E-state index contributed by atoms with van der Waals surface area (Å²) in [7, 11) is 1.92. The van der Waals surface area contributed by atoms with Gasteiger partial charge in [0.1, 0.15) is 5.82 Å². The Kier molecular flexibility index (Phi) is 4.14. The fourth-order valence-corrected chi connectivity index (χ4v) is 2.89. The van der Waals surface area contributed by atoms with Crippen molar-refractivity contribution in [2.45, 2.75) is 19.4 Å². The van der Waals surface area contributed by atoms with Crippen LogP contribution in [0.15, 0.2) is 36.7 Å². The lowest BCUT2D eigenvalue weighted by molar-refractivity contribution is -0.127. The summed E-state index contributed by atoms with van der Waals surface area (Å²) in [6.45, 7) is 3.21. The van der Waals surface area contributed by atoms with Gasteiger partial charge in [0.2, 0.25) is 5.91 Å². The predicted molar refractivity (Wildman–Crippen MR) is 86.8 cm³/mol. The van der Waals surface area contributed by atoms with Crippen LogP contribution >= 0.6 is 0 Å². The normalized spacial score (nSPS) is 17.6. The van der Waals surface area contributed by atoms with Gasteiger partial charge in [-0.2, -0.15) is 0 Å². The number of hydrogen-bond donors (Lipinski definition) is 1. The summed E-state index contributed by atoms with van der Waals surface area (Å²) in [6, 6.07) is 7.25. The summed E-state index contributed by atoms with van der Waals surface area (Å²) in [5.74, 6) is 0.754. The number of imidazole rings is 1. The monoisotopic (exact) mass is 312 g/mol. The zero-order valence-corrected chi connectivity index (χ0v) is 13.3. The summed E-state index contributed by atoms with van der Waals surface area (Å²) < 4.78 is 1.91. The number of likely N-dealkylation sites (N-methyl/N-ethyl adjacent to an activating group) is 1. The number of benzene rings is 1. The van der Waals surface area contributed by atoms with Crippen LogP contribution in [0, 0.1) is 0 Å². The number of rotatable bonds is 4. The number of amides is 2. The van der Waals surface area contributed by atoms with E-state index in [4.69, 9.17) is 0 Å². The van der Waals surface area contributed by atoms with Gasteiger partial charge in [0.15, 0.2) is 0 Å². The third kappa shape index (κ3) is 3.11. The lowest BCUT2D eigenvalue weighted by Gasteiger charge is -2.15. The molecule has 0 saturated carbocycles. The SMILES string of the molecule is CCN1CC(NC(=O)c2cccc(-c3nccn3C)c2)CC1=O. The number of likely N-dealkylation sites (tertiary alicyclic amines) is 1. The molecule has 6 nitrogen and oxygen atoms in total. The first kappa shape index (κ1) is 15.3. The Balaban J connectivity index is 1.74. The Morgan fingerprint density at radius 1 is 1.43 bits per heavy atom. The molecule has 1 saturated heterocycles. The first-order chi connectivity index (χ1) is 11.1. The second kappa shape index (κ2) is 6.24. The number of hydrogen-bond acceptors (Lipinski definition) is 3. The Labute approximate surface area is 135 Å². The van der Waals surface area contributed by atoms with Crippen LogP contribution < -0.4 is 5.32 Å². The maximum Gasteiger partial charge on any atom is 0.251 e. The molecule has 2 heterocycles.